The van der Waals surface area contributed by atoms with E-state index in [1.54, 1.807) is 25.1 Å². The van der Waals surface area contributed by atoms with E-state index in [0.717, 1.165) is 5.56 Å². The highest BCUT2D eigenvalue weighted by molar-refractivity contribution is 6.00. The van der Waals surface area contributed by atoms with E-state index in [0.29, 0.717) is 18.8 Å². The van der Waals surface area contributed by atoms with Gasteiger partial charge in [-0.1, -0.05) is 17.7 Å². The van der Waals surface area contributed by atoms with Crippen LogP contribution in [-0.4, -0.2) is 35.1 Å². The maximum Gasteiger partial charge on any atom is 0.337 e. The Morgan fingerprint density at radius 2 is 2.16 bits per heavy atom. The van der Waals surface area contributed by atoms with Gasteiger partial charge in [-0.05, 0) is 26.0 Å². The first-order valence-corrected chi connectivity index (χ1v) is 6.00. The zero-order valence-corrected chi connectivity index (χ0v) is 11.1. The van der Waals surface area contributed by atoms with E-state index in [1.807, 2.05) is 6.92 Å². The van der Waals surface area contributed by atoms with Crippen molar-refractivity contribution < 1.29 is 14.7 Å². The van der Waals surface area contributed by atoms with E-state index in [2.05, 4.69) is 11.9 Å². The second-order valence-corrected chi connectivity index (χ2v) is 4.11. The van der Waals surface area contributed by atoms with Crippen LogP contribution in [0.25, 0.3) is 0 Å². The Kier molecular flexibility index (Phi) is 5.11. The summed E-state index contributed by atoms with van der Waals surface area (Å²) in [5.74, 6) is -1.06. The highest BCUT2D eigenvalue weighted by Crippen LogP contribution is 2.18. The molecule has 0 aliphatic carbocycles. The predicted molar refractivity (Wildman–Crippen MR) is 74.6 cm³/mol. The van der Waals surface area contributed by atoms with Crippen LogP contribution in [0.3, 0.4) is 0 Å². The molecule has 0 atom stereocenters. The van der Waals surface area contributed by atoms with Gasteiger partial charge in [-0.25, -0.2) is 9.59 Å². The van der Waals surface area contributed by atoms with Crippen LogP contribution in [0.15, 0.2) is 30.9 Å². The number of rotatable bonds is 5. The number of carbonyl (C=O) groups is 2. The lowest BCUT2D eigenvalue weighted by Crippen LogP contribution is -2.35. The molecule has 1 aromatic carbocycles. The fourth-order valence-electron chi connectivity index (χ4n) is 1.65. The van der Waals surface area contributed by atoms with Gasteiger partial charge in [0.15, 0.2) is 0 Å². The first-order chi connectivity index (χ1) is 8.99. The van der Waals surface area contributed by atoms with Crippen LogP contribution in [0, 0.1) is 6.92 Å². The number of urea groups is 1. The average molecular weight is 262 g/mol. The van der Waals surface area contributed by atoms with Crippen LogP contribution >= 0.6 is 0 Å². The molecule has 1 rings (SSSR count). The van der Waals surface area contributed by atoms with Crippen LogP contribution in [0.4, 0.5) is 10.5 Å². The zero-order valence-electron chi connectivity index (χ0n) is 11.1. The number of anilines is 1. The zero-order chi connectivity index (χ0) is 14.4. The summed E-state index contributed by atoms with van der Waals surface area (Å²) in [7, 11) is 0. The molecular formula is C14H18N2O3. The summed E-state index contributed by atoms with van der Waals surface area (Å²) >= 11 is 0. The van der Waals surface area contributed by atoms with Gasteiger partial charge in [0, 0.05) is 13.1 Å². The number of carboxylic acid groups (broad SMARTS) is 1. The average Bonchev–Trinajstić information content (AvgIpc) is 2.37. The Balaban J connectivity index is 2.95. The molecule has 19 heavy (non-hydrogen) atoms. The number of nitrogens with zero attached hydrogens (tertiary/aromatic N) is 1. The lowest BCUT2D eigenvalue weighted by atomic mass is 10.1. The van der Waals surface area contributed by atoms with Crippen molar-refractivity contribution in [3.05, 3.63) is 42.0 Å². The van der Waals surface area contributed by atoms with Crippen molar-refractivity contribution in [2.75, 3.05) is 18.4 Å². The van der Waals surface area contributed by atoms with E-state index in [-0.39, 0.29) is 11.6 Å². The van der Waals surface area contributed by atoms with Crippen LogP contribution in [-0.2, 0) is 0 Å². The van der Waals surface area contributed by atoms with Gasteiger partial charge >= 0.3 is 12.0 Å². The molecule has 0 heterocycles. The SMILES string of the molecule is C=CCN(CC)C(=O)Nc1ccc(C)cc1C(=O)O. The Morgan fingerprint density at radius 3 is 2.68 bits per heavy atom. The molecule has 5 heteroatoms. The highest BCUT2D eigenvalue weighted by Gasteiger charge is 2.15. The number of benzene rings is 1. The van der Waals surface area contributed by atoms with Gasteiger partial charge in [-0.3, -0.25) is 0 Å². The molecule has 1 aromatic rings. The molecule has 0 spiro atoms. The minimum Gasteiger partial charge on any atom is -0.478 e. The second kappa shape index (κ2) is 6.58. The van der Waals surface area contributed by atoms with Gasteiger partial charge in [-0.15, -0.1) is 6.58 Å². The Bertz CT molecular complexity index is 497. The van der Waals surface area contributed by atoms with Crippen molar-refractivity contribution >= 4 is 17.7 Å². The molecule has 5 nitrogen and oxygen atoms in total. The Morgan fingerprint density at radius 1 is 1.47 bits per heavy atom. The second-order valence-electron chi connectivity index (χ2n) is 4.11. The van der Waals surface area contributed by atoms with Crippen molar-refractivity contribution in [3.8, 4) is 0 Å². The van der Waals surface area contributed by atoms with Gasteiger partial charge in [-0.2, -0.15) is 0 Å². The van der Waals surface area contributed by atoms with Gasteiger partial charge in [0.1, 0.15) is 0 Å². The van der Waals surface area contributed by atoms with Crippen LogP contribution < -0.4 is 5.32 Å². The minimum atomic E-state index is -1.06. The summed E-state index contributed by atoms with van der Waals surface area (Å²) in [5.41, 5.74) is 1.21. The van der Waals surface area contributed by atoms with Crippen molar-refractivity contribution in [1.82, 2.24) is 4.90 Å². The lowest BCUT2D eigenvalue weighted by Gasteiger charge is -2.20. The summed E-state index contributed by atoms with van der Waals surface area (Å²) in [5, 5.41) is 11.7. The predicted octanol–water partition coefficient (Wildman–Crippen LogP) is 2.73. The fraction of sp³-hybridized carbons (Fsp3) is 0.286. The number of hydrogen-bond acceptors (Lipinski definition) is 2. The Hall–Kier alpha value is -2.30. The molecule has 0 bridgehead atoms. The summed E-state index contributed by atoms with van der Waals surface area (Å²) in [6, 6.07) is 4.54. The quantitative estimate of drug-likeness (QED) is 0.801. The van der Waals surface area contributed by atoms with Crippen molar-refractivity contribution in [3.63, 3.8) is 0 Å². The molecule has 2 amide bonds. The van der Waals surface area contributed by atoms with Gasteiger partial charge in [0.25, 0.3) is 0 Å². The topological polar surface area (TPSA) is 69.6 Å². The van der Waals surface area contributed by atoms with Crippen LogP contribution in [0.1, 0.15) is 22.8 Å². The van der Waals surface area contributed by atoms with Crippen LogP contribution in [0.2, 0.25) is 0 Å². The number of likely N-dealkylation sites (N-methyl/N-ethyl adjacent to an activating group) is 1. The lowest BCUT2D eigenvalue weighted by molar-refractivity contribution is 0.0698. The number of carboxylic acids is 1. The van der Waals surface area contributed by atoms with E-state index in [9.17, 15) is 9.59 Å². The minimum absolute atomic E-state index is 0.0861. The molecule has 0 fully saturated rings. The van der Waals surface area contributed by atoms with Gasteiger partial charge in [0.05, 0.1) is 11.3 Å². The van der Waals surface area contributed by atoms with E-state index >= 15 is 0 Å². The van der Waals surface area contributed by atoms with Crippen molar-refractivity contribution in [2.24, 2.45) is 0 Å². The maximum atomic E-state index is 12.0. The normalized spacial score (nSPS) is 9.79. The summed E-state index contributed by atoms with van der Waals surface area (Å²) in [6.45, 7) is 8.16. The molecule has 0 aromatic heterocycles. The number of hydrogen-bond donors (Lipinski definition) is 2. The molecule has 102 valence electrons. The smallest absolute Gasteiger partial charge is 0.337 e. The van der Waals surface area contributed by atoms with Crippen LogP contribution in [0.5, 0.6) is 0 Å². The van der Waals surface area contributed by atoms with Gasteiger partial charge < -0.3 is 15.3 Å². The Labute approximate surface area is 112 Å². The van der Waals surface area contributed by atoms with Gasteiger partial charge in [0.2, 0.25) is 0 Å². The number of aryl methyl sites for hydroxylation is 1. The molecular weight excluding hydrogens is 244 g/mol. The monoisotopic (exact) mass is 262 g/mol. The molecule has 0 saturated carbocycles. The number of nitrogens with one attached hydrogen (secondary N) is 1. The summed E-state index contributed by atoms with van der Waals surface area (Å²) in [4.78, 5) is 24.6. The number of aromatic carboxylic acids is 1. The molecule has 0 saturated heterocycles. The third-order valence-corrected chi connectivity index (χ3v) is 2.67. The van der Waals surface area contributed by atoms with E-state index in [1.165, 1.54) is 11.0 Å². The highest BCUT2D eigenvalue weighted by atomic mass is 16.4. The molecule has 0 aliphatic rings. The van der Waals surface area contributed by atoms with E-state index < -0.39 is 5.97 Å². The largest absolute Gasteiger partial charge is 0.478 e. The summed E-state index contributed by atoms with van der Waals surface area (Å²) in [6.07, 6.45) is 1.62. The van der Waals surface area contributed by atoms with Crippen molar-refractivity contribution in [2.45, 2.75) is 13.8 Å². The first-order valence-electron chi connectivity index (χ1n) is 6.00. The third kappa shape index (κ3) is 3.84. The van der Waals surface area contributed by atoms with E-state index in [4.69, 9.17) is 5.11 Å². The number of carbonyl (C=O) groups excluding carboxylic acids is 1. The standard InChI is InChI=1S/C14H18N2O3/c1-4-8-16(5-2)14(19)15-12-7-6-10(3)9-11(12)13(17)18/h4,6-7,9H,1,5,8H2,2-3H3,(H,15,19)(H,17,18). The first kappa shape index (κ1) is 14.8. The van der Waals surface area contributed by atoms with Crippen molar-refractivity contribution in [1.29, 1.82) is 0 Å². The fourth-order valence-corrected chi connectivity index (χ4v) is 1.65. The third-order valence-electron chi connectivity index (χ3n) is 2.67. The molecule has 0 radical (unpaired) electrons. The molecule has 0 aliphatic heterocycles. The summed E-state index contributed by atoms with van der Waals surface area (Å²) < 4.78 is 0. The maximum absolute atomic E-state index is 12.0. The molecule has 2 N–H and O–H groups in total. The molecule has 0 unspecified atom stereocenters. The number of amides is 2.